The number of carboxylic acids is 1. The molecular formula is C14H12N2O3. The molecule has 0 saturated heterocycles. The van der Waals surface area contributed by atoms with Gasteiger partial charge in [0.05, 0.1) is 0 Å². The number of hydrogen-bond acceptors (Lipinski definition) is 3. The summed E-state index contributed by atoms with van der Waals surface area (Å²) < 4.78 is 7.45. The highest BCUT2D eigenvalue weighted by Crippen LogP contribution is 2.28. The molecule has 3 aromatic heterocycles. The van der Waals surface area contributed by atoms with Gasteiger partial charge in [0.1, 0.15) is 17.8 Å². The van der Waals surface area contributed by atoms with Crippen LogP contribution in [0.4, 0.5) is 0 Å². The van der Waals surface area contributed by atoms with Crippen molar-refractivity contribution < 1.29 is 14.3 Å². The van der Waals surface area contributed by atoms with Gasteiger partial charge >= 0.3 is 5.97 Å². The van der Waals surface area contributed by atoms with E-state index in [1.807, 2.05) is 36.4 Å². The van der Waals surface area contributed by atoms with Gasteiger partial charge in [-0.15, -0.1) is 0 Å². The van der Waals surface area contributed by atoms with Crippen molar-refractivity contribution >= 4 is 11.5 Å². The van der Waals surface area contributed by atoms with Gasteiger partial charge in [-0.25, -0.2) is 9.78 Å². The predicted octanol–water partition coefficient (Wildman–Crippen LogP) is 2.91. The Morgan fingerprint density at radius 1 is 1.32 bits per heavy atom. The van der Waals surface area contributed by atoms with Gasteiger partial charge in [-0.1, -0.05) is 0 Å². The third-order valence-corrected chi connectivity index (χ3v) is 3.14. The summed E-state index contributed by atoms with van der Waals surface area (Å²) in [4.78, 5) is 14.8. The highest BCUT2D eigenvalue weighted by atomic mass is 16.4. The molecule has 0 aliphatic carbocycles. The molecule has 0 atom stereocenters. The number of carbonyl (C=O) groups is 1. The molecule has 0 unspecified atom stereocenters. The summed E-state index contributed by atoms with van der Waals surface area (Å²) in [6, 6.07) is 7.26. The Bertz CT molecular complexity index is 783. The maximum atomic E-state index is 10.9. The summed E-state index contributed by atoms with van der Waals surface area (Å²) in [5, 5.41) is 8.95. The number of aromatic nitrogens is 2. The number of fused-ring (bicyclic) bond motifs is 1. The van der Waals surface area contributed by atoms with Crippen molar-refractivity contribution in [3.8, 4) is 11.3 Å². The Labute approximate surface area is 109 Å². The number of hydrogen-bond donors (Lipinski definition) is 1. The van der Waals surface area contributed by atoms with Gasteiger partial charge in [-0.2, -0.15) is 0 Å². The van der Waals surface area contributed by atoms with Crippen molar-refractivity contribution in [1.82, 2.24) is 9.38 Å². The average molecular weight is 256 g/mol. The molecule has 5 heteroatoms. The summed E-state index contributed by atoms with van der Waals surface area (Å²) in [7, 11) is 0. The standard InChI is InChI=1S/C14H12N2O3/c1-8-3-4-13(19-8)11-5-10-6-12(14(17)18)15-7-16(10)9(11)2/h3-7H,1-2H3,(H,17,18). The van der Waals surface area contributed by atoms with E-state index in [-0.39, 0.29) is 5.69 Å². The van der Waals surface area contributed by atoms with E-state index in [2.05, 4.69) is 4.98 Å². The Kier molecular flexibility index (Phi) is 2.41. The predicted molar refractivity (Wildman–Crippen MR) is 69.3 cm³/mol. The molecule has 0 radical (unpaired) electrons. The van der Waals surface area contributed by atoms with Gasteiger partial charge in [0.25, 0.3) is 0 Å². The van der Waals surface area contributed by atoms with Crippen LogP contribution in [0.5, 0.6) is 0 Å². The number of furan rings is 1. The lowest BCUT2D eigenvalue weighted by atomic mass is 10.2. The van der Waals surface area contributed by atoms with E-state index in [1.165, 1.54) is 6.33 Å². The highest BCUT2D eigenvalue weighted by Gasteiger charge is 2.13. The summed E-state index contributed by atoms with van der Waals surface area (Å²) in [6.45, 7) is 3.83. The number of nitrogens with zero attached hydrogens (tertiary/aromatic N) is 2. The van der Waals surface area contributed by atoms with Crippen LogP contribution >= 0.6 is 0 Å². The van der Waals surface area contributed by atoms with E-state index < -0.39 is 5.97 Å². The molecule has 3 heterocycles. The SMILES string of the molecule is Cc1ccc(-c2cc3cc(C(=O)O)ncn3c2C)o1. The van der Waals surface area contributed by atoms with Crippen molar-refractivity contribution in [3.63, 3.8) is 0 Å². The molecule has 3 rings (SSSR count). The van der Waals surface area contributed by atoms with Crippen molar-refractivity contribution in [1.29, 1.82) is 0 Å². The fourth-order valence-corrected chi connectivity index (χ4v) is 2.15. The molecule has 3 aromatic rings. The normalized spacial score (nSPS) is 11.1. The molecule has 0 aliphatic rings. The molecule has 0 saturated carbocycles. The van der Waals surface area contributed by atoms with E-state index in [0.29, 0.717) is 0 Å². The number of aryl methyl sites for hydroxylation is 2. The molecular weight excluding hydrogens is 244 g/mol. The molecule has 19 heavy (non-hydrogen) atoms. The van der Waals surface area contributed by atoms with E-state index in [4.69, 9.17) is 9.52 Å². The molecule has 5 nitrogen and oxygen atoms in total. The second-order valence-corrected chi connectivity index (χ2v) is 4.43. The van der Waals surface area contributed by atoms with Gasteiger partial charge in [-0.05, 0) is 38.1 Å². The molecule has 0 bridgehead atoms. The second kappa shape index (κ2) is 3.98. The first-order valence-electron chi connectivity index (χ1n) is 5.84. The molecule has 0 amide bonds. The lowest BCUT2D eigenvalue weighted by Gasteiger charge is -1.99. The zero-order valence-electron chi connectivity index (χ0n) is 10.5. The van der Waals surface area contributed by atoms with Crippen LogP contribution < -0.4 is 0 Å². The largest absolute Gasteiger partial charge is 0.477 e. The van der Waals surface area contributed by atoms with Crippen LogP contribution in [0.3, 0.4) is 0 Å². The van der Waals surface area contributed by atoms with Gasteiger partial charge in [0.15, 0.2) is 5.69 Å². The van der Waals surface area contributed by atoms with Crippen molar-refractivity contribution in [3.05, 3.63) is 47.7 Å². The minimum Gasteiger partial charge on any atom is -0.477 e. The summed E-state index contributed by atoms with van der Waals surface area (Å²) in [5.41, 5.74) is 2.73. The number of carboxylic acid groups (broad SMARTS) is 1. The molecule has 0 fully saturated rings. The van der Waals surface area contributed by atoms with E-state index in [0.717, 1.165) is 28.3 Å². The van der Waals surface area contributed by atoms with Crippen LogP contribution in [0, 0.1) is 13.8 Å². The summed E-state index contributed by atoms with van der Waals surface area (Å²) >= 11 is 0. The molecule has 0 spiro atoms. The molecule has 0 aliphatic heterocycles. The van der Waals surface area contributed by atoms with Crippen LogP contribution in [0.25, 0.3) is 16.8 Å². The Balaban J connectivity index is 2.22. The fraction of sp³-hybridized carbons (Fsp3) is 0.143. The lowest BCUT2D eigenvalue weighted by molar-refractivity contribution is 0.0690. The van der Waals surface area contributed by atoms with Gasteiger partial charge in [0, 0.05) is 16.8 Å². The van der Waals surface area contributed by atoms with Gasteiger partial charge in [0.2, 0.25) is 0 Å². The zero-order valence-corrected chi connectivity index (χ0v) is 10.5. The quantitative estimate of drug-likeness (QED) is 0.765. The van der Waals surface area contributed by atoms with Crippen LogP contribution in [0.15, 0.2) is 35.0 Å². The minimum atomic E-state index is -1.03. The number of aromatic carboxylic acids is 1. The third-order valence-electron chi connectivity index (χ3n) is 3.14. The molecule has 1 N–H and O–H groups in total. The van der Waals surface area contributed by atoms with Gasteiger partial charge < -0.3 is 13.9 Å². The maximum absolute atomic E-state index is 10.9. The van der Waals surface area contributed by atoms with Crippen molar-refractivity contribution in [2.75, 3.05) is 0 Å². The van der Waals surface area contributed by atoms with Crippen LogP contribution in [0.1, 0.15) is 21.9 Å². The lowest BCUT2D eigenvalue weighted by Crippen LogP contribution is -2.01. The minimum absolute atomic E-state index is 0.0344. The first kappa shape index (κ1) is 11.5. The van der Waals surface area contributed by atoms with Crippen molar-refractivity contribution in [2.45, 2.75) is 13.8 Å². The van der Waals surface area contributed by atoms with Crippen LogP contribution in [-0.4, -0.2) is 20.5 Å². The Morgan fingerprint density at radius 2 is 2.11 bits per heavy atom. The topological polar surface area (TPSA) is 67.7 Å². The number of rotatable bonds is 2. The average Bonchev–Trinajstić information content (AvgIpc) is 2.93. The van der Waals surface area contributed by atoms with Crippen molar-refractivity contribution in [2.24, 2.45) is 0 Å². The van der Waals surface area contributed by atoms with Gasteiger partial charge in [-0.3, -0.25) is 0 Å². The maximum Gasteiger partial charge on any atom is 0.354 e. The monoisotopic (exact) mass is 256 g/mol. The Morgan fingerprint density at radius 3 is 2.74 bits per heavy atom. The summed E-state index contributed by atoms with van der Waals surface area (Å²) in [5.74, 6) is 0.585. The van der Waals surface area contributed by atoms with E-state index in [1.54, 1.807) is 6.07 Å². The first-order valence-corrected chi connectivity index (χ1v) is 5.84. The summed E-state index contributed by atoms with van der Waals surface area (Å²) in [6.07, 6.45) is 1.52. The second-order valence-electron chi connectivity index (χ2n) is 4.43. The highest BCUT2D eigenvalue weighted by molar-refractivity contribution is 5.87. The smallest absolute Gasteiger partial charge is 0.354 e. The molecule has 0 aromatic carbocycles. The molecule has 96 valence electrons. The first-order chi connectivity index (χ1) is 9.06. The zero-order chi connectivity index (χ0) is 13.6. The van der Waals surface area contributed by atoms with E-state index >= 15 is 0 Å². The van der Waals surface area contributed by atoms with E-state index in [9.17, 15) is 4.79 Å². The third kappa shape index (κ3) is 1.79. The Hall–Kier alpha value is -2.56. The van der Waals surface area contributed by atoms with Crippen LogP contribution in [-0.2, 0) is 0 Å². The van der Waals surface area contributed by atoms with Crippen LogP contribution in [0.2, 0.25) is 0 Å². The fourth-order valence-electron chi connectivity index (χ4n) is 2.15.